The first-order valence-corrected chi connectivity index (χ1v) is 6.11. The SMILES string of the molecule is COc1ccc(Cl)cc1COc1cncc(C(=O)O)c1. The fraction of sp³-hybridized carbons (Fsp3) is 0.143. The van der Waals surface area contributed by atoms with Gasteiger partial charge in [0, 0.05) is 16.8 Å². The molecular formula is C14H12ClNO4. The fourth-order valence-electron chi connectivity index (χ4n) is 1.64. The first-order valence-electron chi connectivity index (χ1n) is 5.73. The van der Waals surface area contributed by atoms with Crippen LogP contribution in [-0.4, -0.2) is 23.2 Å². The maximum Gasteiger partial charge on any atom is 0.337 e. The zero-order valence-electron chi connectivity index (χ0n) is 10.7. The minimum Gasteiger partial charge on any atom is -0.496 e. The number of aromatic carboxylic acids is 1. The largest absolute Gasteiger partial charge is 0.496 e. The number of ether oxygens (including phenoxy) is 2. The van der Waals surface area contributed by atoms with Crippen LogP contribution in [0.5, 0.6) is 11.5 Å². The van der Waals surface area contributed by atoms with Gasteiger partial charge in [0.05, 0.1) is 18.9 Å². The Morgan fingerprint density at radius 3 is 2.85 bits per heavy atom. The molecule has 0 bridgehead atoms. The molecule has 2 rings (SSSR count). The molecule has 6 heteroatoms. The second-order valence-electron chi connectivity index (χ2n) is 3.96. The van der Waals surface area contributed by atoms with Gasteiger partial charge < -0.3 is 14.6 Å². The number of carboxylic acid groups (broad SMARTS) is 1. The monoisotopic (exact) mass is 293 g/mol. The van der Waals surface area contributed by atoms with Crippen molar-refractivity contribution in [2.75, 3.05) is 7.11 Å². The van der Waals surface area contributed by atoms with Crippen LogP contribution in [0, 0.1) is 0 Å². The van der Waals surface area contributed by atoms with E-state index in [1.165, 1.54) is 18.5 Å². The molecule has 0 spiro atoms. The predicted octanol–water partition coefficient (Wildman–Crippen LogP) is 3.02. The third-order valence-electron chi connectivity index (χ3n) is 2.60. The Hall–Kier alpha value is -2.27. The zero-order valence-corrected chi connectivity index (χ0v) is 11.4. The summed E-state index contributed by atoms with van der Waals surface area (Å²) in [4.78, 5) is 14.7. The number of pyridine rings is 1. The molecule has 0 saturated heterocycles. The molecule has 0 amide bonds. The predicted molar refractivity (Wildman–Crippen MR) is 73.5 cm³/mol. The summed E-state index contributed by atoms with van der Waals surface area (Å²) in [5.74, 6) is -0.0352. The summed E-state index contributed by atoms with van der Waals surface area (Å²) in [6.45, 7) is 0.203. The molecule has 2 aromatic rings. The Kier molecular flexibility index (Phi) is 4.42. The summed E-state index contributed by atoms with van der Waals surface area (Å²) in [6, 6.07) is 6.60. The molecule has 0 radical (unpaired) electrons. The molecule has 20 heavy (non-hydrogen) atoms. The number of rotatable bonds is 5. The van der Waals surface area contributed by atoms with E-state index in [4.69, 9.17) is 26.2 Å². The normalized spacial score (nSPS) is 10.1. The molecule has 1 aromatic heterocycles. The van der Waals surface area contributed by atoms with Gasteiger partial charge >= 0.3 is 5.97 Å². The lowest BCUT2D eigenvalue weighted by molar-refractivity contribution is 0.0696. The Morgan fingerprint density at radius 2 is 2.15 bits per heavy atom. The number of nitrogens with zero attached hydrogens (tertiary/aromatic N) is 1. The standard InChI is InChI=1S/C14H12ClNO4/c1-19-13-3-2-11(15)4-10(13)8-20-12-5-9(14(17)18)6-16-7-12/h2-7H,8H2,1H3,(H,17,18). The van der Waals surface area contributed by atoms with Crippen LogP contribution in [0.25, 0.3) is 0 Å². The average Bonchev–Trinajstić information content (AvgIpc) is 2.45. The Labute approximate surface area is 120 Å². The molecule has 1 aromatic carbocycles. The van der Waals surface area contributed by atoms with Crippen molar-refractivity contribution in [2.24, 2.45) is 0 Å². The molecule has 0 fully saturated rings. The fourth-order valence-corrected chi connectivity index (χ4v) is 1.83. The van der Waals surface area contributed by atoms with Crippen LogP contribution in [0.4, 0.5) is 0 Å². The van der Waals surface area contributed by atoms with E-state index < -0.39 is 5.97 Å². The number of hydrogen-bond acceptors (Lipinski definition) is 4. The van der Waals surface area contributed by atoms with E-state index in [0.717, 1.165) is 5.56 Å². The molecular weight excluding hydrogens is 282 g/mol. The van der Waals surface area contributed by atoms with Crippen LogP contribution in [0.1, 0.15) is 15.9 Å². The summed E-state index contributed by atoms with van der Waals surface area (Å²) < 4.78 is 10.7. The third kappa shape index (κ3) is 3.39. The van der Waals surface area contributed by atoms with E-state index in [0.29, 0.717) is 16.5 Å². The van der Waals surface area contributed by atoms with E-state index in [2.05, 4.69) is 4.98 Å². The summed E-state index contributed by atoms with van der Waals surface area (Å²) in [5.41, 5.74) is 0.835. The number of carbonyl (C=O) groups is 1. The highest BCUT2D eigenvalue weighted by Crippen LogP contribution is 2.24. The van der Waals surface area contributed by atoms with E-state index in [1.54, 1.807) is 25.3 Å². The first kappa shape index (κ1) is 14.1. The quantitative estimate of drug-likeness (QED) is 0.917. The number of aromatic nitrogens is 1. The number of halogens is 1. The maximum atomic E-state index is 10.8. The third-order valence-corrected chi connectivity index (χ3v) is 2.83. The van der Waals surface area contributed by atoms with Gasteiger partial charge in [-0.2, -0.15) is 0 Å². The van der Waals surface area contributed by atoms with Gasteiger partial charge in [-0.25, -0.2) is 4.79 Å². The number of benzene rings is 1. The Bertz CT molecular complexity index is 630. The molecule has 104 valence electrons. The van der Waals surface area contributed by atoms with Crippen LogP contribution in [0.15, 0.2) is 36.7 Å². The number of carboxylic acids is 1. The molecule has 0 aliphatic rings. The summed E-state index contributed by atoms with van der Waals surface area (Å²) >= 11 is 5.92. The first-order chi connectivity index (χ1) is 9.60. The minimum atomic E-state index is -1.05. The van der Waals surface area contributed by atoms with E-state index in [-0.39, 0.29) is 12.2 Å². The van der Waals surface area contributed by atoms with Gasteiger partial charge in [0.25, 0.3) is 0 Å². The average molecular weight is 294 g/mol. The van der Waals surface area contributed by atoms with Gasteiger partial charge in [-0.15, -0.1) is 0 Å². The highest BCUT2D eigenvalue weighted by Gasteiger charge is 2.07. The van der Waals surface area contributed by atoms with Crippen molar-refractivity contribution >= 4 is 17.6 Å². The highest BCUT2D eigenvalue weighted by atomic mass is 35.5. The molecule has 0 aliphatic heterocycles. The summed E-state index contributed by atoms with van der Waals surface area (Å²) in [5, 5.41) is 9.45. The van der Waals surface area contributed by atoms with Crippen LogP contribution in [-0.2, 0) is 6.61 Å². The van der Waals surface area contributed by atoms with Crippen LogP contribution >= 0.6 is 11.6 Å². The van der Waals surface area contributed by atoms with E-state index in [1.807, 2.05) is 0 Å². The molecule has 0 unspecified atom stereocenters. The van der Waals surface area contributed by atoms with Gasteiger partial charge in [0.2, 0.25) is 0 Å². The molecule has 1 heterocycles. The van der Waals surface area contributed by atoms with Gasteiger partial charge in [0.1, 0.15) is 18.1 Å². The highest BCUT2D eigenvalue weighted by molar-refractivity contribution is 6.30. The molecule has 1 N–H and O–H groups in total. The minimum absolute atomic E-state index is 0.0700. The molecule has 0 saturated carbocycles. The van der Waals surface area contributed by atoms with E-state index in [9.17, 15) is 4.79 Å². The van der Waals surface area contributed by atoms with Crippen molar-refractivity contribution in [3.8, 4) is 11.5 Å². The van der Waals surface area contributed by atoms with Crippen molar-refractivity contribution in [1.29, 1.82) is 0 Å². The van der Waals surface area contributed by atoms with Crippen LogP contribution in [0.3, 0.4) is 0 Å². The van der Waals surface area contributed by atoms with Crippen molar-refractivity contribution in [2.45, 2.75) is 6.61 Å². The number of methoxy groups -OCH3 is 1. The number of hydrogen-bond donors (Lipinski definition) is 1. The van der Waals surface area contributed by atoms with Gasteiger partial charge in [-0.1, -0.05) is 11.6 Å². The van der Waals surface area contributed by atoms with Crippen molar-refractivity contribution in [3.05, 3.63) is 52.8 Å². The molecule has 0 aliphatic carbocycles. The lowest BCUT2D eigenvalue weighted by atomic mass is 10.2. The molecule has 0 atom stereocenters. The van der Waals surface area contributed by atoms with Gasteiger partial charge in [0.15, 0.2) is 0 Å². The van der Waals surface area contributed by atoms with Crippen LogP contribution in [0.2, 0.25) is 5.02 Å². The maximum absolute atomic E-state index is 10.8. The second kappa shape index (κ2) is 6.25. The van der Waals surface area contributed by atoms with Crippen molar-refractivity contribution < 1.29 is 19.4 Å². The summed E-state index contributed by atoms with van der Waals surface area (Å²) in [6.07, 6.45) is 2.71. The van der Waals surface area contributed by atoms with Gasteiger partial charge in [-0.3, -0.25) is 4.98 Å². The van der Waals surface area contributed by atoms with Crippen LogP contribution < -0.4 is 9.47 Å². The Morgan fingerprint density at radius 1 is 1.35 bits per heavy atom. The van der Waals surface area contributed by atoms with Crippen molar-refractivity contribution in [3.63, 3.8) is 0 Å². The van der Waals surface area contributed by atoms with Crippen molar-refractivity contribution in [1.82, 2.24) is 4.98 Å². The molecule has 5 nitrogen and oxygen atoms in total. The van der Waals surface area contributed by atoms with Gasteiger partial charge in [-0.05, 0) is 24.3 Å². The Balaban J connectivity index is 2.14. The topological polar surface area (TPSA) is 68.7 Å². The summed E-state index contributed by atoms with van der Waals surface area (Å²) in [7, 11) is 1.55. The smallest absolute Gasteiger partial charge is 0.337 e. The lowest BCUT2D eigenvalue weighted by Gasteiger charge is -2.10. The lowest BCUT2D eigenvalue weighted by Crippen LogP contribution is -2.01. The zero-order chi connectivity index (χ0) is 14.5. The van der Waals surface area contributed by atoms with E-state index >= 15 is 0 Å². The second-order valence-corrected chi connectivity index (χ2v) is 4.40.